The number of carbonyl (C=O) groups excluding carboxylic acids is 1. The summed E-state index contributed by atoms with van der Waals surface area (Å²) in [4.78, 5) is 26.3. The number of carbonyl (C=O) groups is 1. The SMILES string of the molecule is CCOc1cc(OCC)c([N+](=O)[O-])cc1/C=N\Nc1nc(CC(=O)OC)cs1. The number of anilines is 1. The van der Waals surface area contributed by atoms with Crippen LogP contribution in [0.2, 0.25) is 0 Å². The summed E-state index contributed by atoms with van der Waals surface area (Å²) in [6, 6.07) is 2.82. The second kappa shape index (κ2) is 10.2. The zero-order valence-electron chi connectivity index (χ0n) is 15.6. The van der Waals surface area contributed by atoms with E-state index in [1.165, 1.54) is 36.8 Å². The first kappa shape index (κ1) is 21.1. The predicted octanol–water partition coefficient (Wildman–Crippen LogP) is 3.01. The van der Waals surface area contributed by atoms with Crippen LogP contribution in [0.5, 0.6) is 11.5 Å². The van der Waals surface area contributed by atoms with Crippen LogP contribution in [0.3, 0.4) is 0 Å². The van der Waals surface area contributed by atoms with Crippen LogP contribution in [-0.4, -0.2) is 42.4 Å². The highest BCUT2D eigenvalue weighted by atomic mass is 32.1. The highest BCUT2D eigenvalue weighted by molar-refractivity contribution is 7.13. The zero-order valence-corrected chi connectivity index (χ0v) is 16.4. The third-order valence-electron chi connectivity index (χ3n) is 3.36. The van der Waals surface area contributed by atoms with Crippen molar-refractivity contribution >= 4 is 34.3 Å². The number of benzene rings is 1. The summed E-state index contributed by atoms with van der Waals surface area (Å²) in [7, 11) is 1.31. The maximum Gasteiger partial charge on any atom is 0.311 e. The smallest absolute Gasteiger partial charge is 0.311 e. The van der Waals surface area contributed by atoms with Crippen LogP contribution < -0.4 is 14.9 Å². The van der Waals surface area contributed by atoms with E-state index in [1.54, 1.807) is 19.2 Å². The molecule has 2 aromatic rings. The van der Waals surface area contributed by atoms with E-state index in [9.17, 15) is 14.9 Å². The van der Waals surface area contributed by atoms with E-state index in [0.29, 0.717) is 35.4 Å². The fourth-order valence-electron chi connectivity index (χ4n) is 2.18. The lowest BCUT2D eigenvalue weighted by Gasteiger charge is -2.10. The summed E-state index contributed by atoms with van der Waals surface area (Å²) in [5.74, 6) is 0.157. The van der Waals surface area contributed by atoms with Crippen LogP contribution in [0.25, 0.3) is 0 Å². The average Bonchev–Trinajstić information content (AvgIpc) is 3.10. The fraction of sp³-hybridized carbons (Fsp3) is 0.353. The van der Waals surface area contributed by atoms with Crippen LogP contribution >= 0.6 is 11.3 Å². The van der Waals surface area contributed by atoms with Crippen molar-refractivity contribution in [1.29, 1.82) is 0 Å². The van der Waals surface area contributed by atoms with Gasteiger partial charge in [-0.15, -0.1) is 11.3 Å². The largest absolute Gasteiger partial charge is 0.493 e. The van der Waals surface area contributed by atoms with Gasteiger partial charge in [0.15, 0.2) is 0 Å². The van der Waals surface area contributed by atoms with Gasteiger partial charge in [-0.05, 0) is 13.8 Å². The number of esters is 1. The molecule has 1 aromatic heterocycles. The number of hydrogen-bond acceptors (Lipinski definition) is 10. The van der Waals surface area contributed by atoms with Crippen molar-refractivity contribution in [3.05, 3.63) is 38.9 Å². The summed E-state index contributed by atoms with van der Waals surface area (Å²) < 4.78 is 15.5. The van der Waals surface area contributed by atoms with Gasteiger partial charge in [0, 0.05) is 23.1 Å². The first-order chi connectivity index (χ1) is 13.5. The van der Waals surface area contributed by atoms with Gasteiger partial charge >= 0.3 is 11.7 Å². The van der Waals surface area contributed by atoms with Crippen LogP contribution in [0, 0.1) is 10.1 Å². The number of thiazole rings is 1. The monoisotopic (exact) mass is 408 g/mol. The number of methoxy groups -OCH3 is 1. The van der Waals surface area contributed by atoms with E-state index in [2.05, 4.69) is 20.2 Å². The number of hydrogen-bond donors (Lipinski definition) is 1. The molecule has 10 nitrogen and oxygen atoms in total. The highest BCUT2D eigenvalue weighted by Crippen LogP contribution is 2.34. The van der Waals surface area contributed by atoms with Gasteiger partial charge in [-0.3, -0.25) is 20.3 Å². The van der Waals surface area contributed by atoms with Crippen molar-refractivity contribution in [3.8, 4) is 11.5 Å². The molecule has 0 amide bonds. The molecule has 0 aliphatic rings. The second-order valence-electron chi connectivity index (χ2n) is 5.25. The van der Waals surface area contributed by atoms with Gasteiger partial charge in [0.05, 0.1) is 43.6 Å². The third-order valence-corrected chi connectivity index (χ3v) is 4.15. The quantitative estimate of drug-likeness (QED) is 0.275. The topological polar surface area (TPSA) is 125 Å². The Hall–Kier alpha value is -3.21. The molecule has 0 bridgehead atoms. The molecule has 0 unspecified atom stereocenters. The van der Waals surface area contributed by atoms with E-state index < -0.39 is 4.92 Å². The predicted molar refractivity (Wildman–Crippen MR) is 104 cm³/mol. The zero-order chi connectivity index (χ0) is 20.5. The molecule has 1 heterocycles. The van der Waals surface area contributed by atoms with Crippen molar-refractivity contribution in [2.24, 2.45) is 5.10 Å². The molecule has 0 fully saturated rings. The van der Waals surface area contributed by atoms with Gasteiger partial charge in [-0.25, -0.2) is 4.98 Å². The van der Waals surface area contributed by atoms with E-state index in [-0.39, 0.29) is 23.8 Å². The minimum atomic E-state index is -0.522. The number of nitrogens with zero attached hydrogens (tertiary/aromatic N) is 3. The third kappa shape index (κ3) is 5.64. The van der Waals surface area contributed by atoms with E-state index in [4.69, 9.17) is 9.47 Å². The lowest BCUT2D eigenvalue weighted by molar-refractivity contribution is -0.385. The molecule has 0 radical (unpaired) electrons. The Morgan fingerprint density at radius 1 is 1.32 bits per heavy atom. The van der Waals surface area contributed by atoms with Crippen LogP contribution in [0.15, 0.2) is 22.6 Å². The molecule has 0 aliphatic heterocycles. The first-order valence-electron chi connectivity index (χ1n) is 8.36. The lowest BCUT2D eigenvalue weighted by atomic mass is 10.1. The number of nitro benzene ring substituents is 1. The molecule has 0 saturated heterocycles. The van der Waals surface area contributed by atoms with Crippen LogP contribution in [0.4, 0.5) is 10.8 Å². The lowest BCUT2D eigenvalue weighted by Crippen LogP contribution is -2.04. The average molecular weight is 408 g/mol. The Morgan fingerprint density at radius 2 is 2.04 bits per heavy atom. The highest BCUT2D eigenvalue weighted by Gasteiger charge is 2.19. The number of ether oxygens (including phenoxy) is 3. The molecular weight excluding hydrogens is 388 g/mol. The number of nitrogens with one attached hydrogen (secondary N) is 1. The number of aromatic nitrogens is 1. The molecule has 0 saturated carbocycles. The standard InChI is InChI=1S/C17H20N4O6S/c1-4-26-14-8-15(27-5-2)13(21(23)24)6-11(14)9-18-20-17-19-12(10-28-17)7-16(22)25-3/h6,8-10H,4-5,7H2,1-3H3,(H,19,20)/b18-9-. The molecular formula is C17H20N4O6S. The second-order valence-corrected chi connectivity index (χ2v) is 6.11. The Labute approximate surface area is 165 Å². The molecule has 0 aliphatic carbocycles. The summed E-state index contributed by atoms with van der Waals surface area (Å²) in [5.41, 5.74) is 3.52. The van der Waals surface area contributed by atoms with Gasteiger partial charge in [0.25, 0.3) is 0 Å². The van der Waals surface area contributed by atoms with Crippen molar-refractivity contribution < 1.29 is 23.9 Å². The first-order valence-corrected chi connectivity index (χ1v) is 9.24. The summed E-state index contributed by atoms with van der Waals surface area (Å²) in [5, 5.41) is 17.5. The summed E-state index contributed by atoms with van der Waals surface area (Å²) in [6.07, 6.45) is 1.47. The van der Waals surface area contributed by atoms with E-state index >= 15 is 0 Å². The number of nitro groups is 1. The minimum Gasteiger partial charge on any atom is -0.493 e. The normalized spacial score (nSPS) is 10.7. The Bertz CT molecular complexity index is 867. The van der Waals surface area contributed by atoms with Crippen molar-refractivity contribution in [3.63, 3.8) is 0 Å². The van der Waals surface area contributed by atoms with Crippen molar-refractivity contribution in [2.75, 3.05) is 25.7 Å². The van der Waals surface area contributed by atoms with Crippen LogP contribution in [-0.2, 0) is 16.0 Å². The molecule has 1 aromatic carbocycles. The van der Waals surface area contributed by atoms with E-state index in [1.807, 2.05) is 0 Å². The van der Waals surface area contributed by atoms with Crippen molar-refractivity contribution in [2.45, 2.75) is 20.3 Å². The number of rotatable bonds is 10. The Kier molecular flexibility index (Phi) is 7.69. The van der Waals surface area contributed by atoms with Crippen molar-refractivity contribution in [1.82, 2.24) is 4.98 Å². The molecule has 28 heavy (non-hydrogen) atoms. The number of hydrazone groups is 1. The van der Waals surface area contributed by atoms with Gasteiger partial charge in [0.2, 0.25) is 10.9 Å². The van der Waals surface area contributed by atoms with Crippen LogP contribution in [0.1, 0.15) is 25.1 Å². The van der Waals surface area contributed by atoms with Gasteiger partial charge < -0.3 is 14.2 Å². The van der Waals surface area contributed by atoms with Gasteiger partial charge in [-0.1, -0.05) is 0 Å². The Morgan fingerprint density at radius 3 is 2.68 bits per heavy atom. The molecule has 2 rings (SSSR count). The van der Waals surface area contributed by atoms with Gasteiger partial charge in [0.1, 0.15) is 5.75 Å². The maximum atomic E-state index is 11.3. The fourth-order valence-corrected chi connectivity index (χ4v) is 2.84. The molecule has 0 spiro atoms. The maximum absolute atomic E-state index is 11.3. The Balaban J connectivity index is 2.20. The summed E-state index contributed by atoms with van der Waals surface area (Å²) in [6.45, 7) is 4.21. The minimum absolute atomic E-state index is 0.0674. The molecule has 11 heteroatoms. The van der Waals surface area contributed by atoms with Gasteiger partial charge in [-0.2, -0.15) is 5.10 Å². The molecule has 1 N–H and O–H groups in total. The molecule has 0 atom stereocenters. The molecule has 150 valence electrons. The van der Waals surface area contributed by atoms with E-state index in [0.717, 1.165) is 0 Å². The summed E-state index contributed by atoms with van der Waals surface area (Å²) >= 11 is 1.27.